The molecular weight excluding hydrogens is 394 g/mol. The molecule has 1 aliphatic rings. The number of terminal acetylenes is 1. The Hall–Kier alpha value is -2.24. The normalized spacial score (nSPS) is 14.1. The molecule has 0 aromatic heterocycles. The molecule has 7 heteroatoms. The van der Waals surface area contributed by atoms with Crippen molar-refractivity contribution >= 4 is 12.7 Å². The third kappa shape index (κ3) is 19.5. The molecule has 1 unspecified atom stereocenters. The van der Waals surface area contributed by atoms with Gasteiger partial charge < -0.3 is 30.6 Å². The van der Waals surface area contributed by atoms with Crippen LogP contribution in [-0.4, -0.2) is 70.2 Å². The van der Waals surface area contributed by atoms with Crippen molar-refractivity contribution in [2.45, 2.75) is 46.3 Å². The number of ether oxygens (including phenoxy) is 1. The SMILES string of the molecule is C#Cc1ccc(CNC)cc1.C=O.CC(C)(C)CC(=O)N1CCC(O)C1.CN.COC. The maximum Gasteiger partial charge on any atom is 0.223 e. The number of hydrogen-bond acceptors (Lipinski definition) is 6. The lowest BCUT2D eigenvalue weighted by molar-refractivity contribution is -0.132. The van der Waals surface area contributed by atoms with E-state index in [0.717, 1.165) is 25.1 Å². The quantitative estimate of drug-likeness (QED) is 0.625. The van der Waals surface area contributed by atoms with Gasteiger partial charge >= 0.3 is 0 Å². The fourth-order valence-corrected chi connectivity index (χ4v) is 2.46. The lowest BCUT2D eigenvalue weighted by Gasteiger charge is -2.22. The van der Waals surface area contributed by atoms with Crippen LogP contribution in [0.1, 0.15) is 44.7 Å². The number of carbonyl (C=O) groups excluding carboxylic acids is 2. The van der Waals surface area contributed by atoms with Gasteiger partial charge in [0, 0.05) is 45.8 Å². The molecule has 1 aromatic carbocycles. The van der Waals surface area contributed by atoms with Gasteiger partial charge in [0.1, 0.15) is 6.79 Å². The Morgan fingerprint density at radius 1 is 1.29 bits per heavy atom. The van der Waals surface area contributed by atoms with Crippen LogP contribution in [0.15, 0.2) is 24.3 Å². The van der Waals surface area contributed by atoms with Gasteiger partial charge in [-0.05, 0) is 43.6 Å². The van der Waals surface area contributed by atoms with Gasteiger partial charge in [-0.15, -0.1) is 6.42 Å². The molecule has 1 atom stereocenters. The maximum absolute atomic E-state index is 11.6. The van der Waals surface area contributed by atoms with Crippen LogP contribution in [0.3, 0.4) is 0 Å². The Morgan fingerprint density at radius 3 is 2.10 bits per heavy atom. The summed E-state index contributed by atoms with van der Waals surface area (Å²) in [6.07, 6.45) is 6.21. The van der Waals surface area contributed by atoms with Crippen LogP contribution in [0.5, 0.6) is 0 Å². The molecule has 31 heavy (non-hydrogen) atoms. The molecule has 178 valence electrons. The number of hydrogen-bond donors (Lipinski definition) is 3. The van der Waals surface area contributed by atoms with Crippen LogP contribution < -0.4 is 11.1 Å². The maximum atomic E-state index is 11.6. The minimum atomic E-state index is -0.302. The summed E-state index contributed by atoms with van der Waals surface area (Å²) in [5.41, 5.74) is 6.74. The number of β-amino-alcohol motifs (C(OH)–C–C–N with tert-alkyl or cyclic N) is 1. The van der Waals surface area contributed by atoms with E-state index in [1.807, 2.05) is 38.1 Å². The zero-order chi connectivity index (χ0) is 24.9. The average molecular weight is 438 g/mol. The van der Waals surface area contributed by atoms with E-state index in [0.29, 0.717) is 13.0 Å². The summed E-state index contributed by atoms with van der Waals surface area (Å²) in [5, 5.41) is 12.3. The van der Waals surface area contributed by atoms with E-state index in [9.17, 15) is 9.90 Å². The summed E-state index contributed by atoms with van der Waals surface area (Å²) in [5.74, 6) is 2.75. The van der Waals surface area contributed by atoms with E-state index < -0.39 is 0 Å². The van der Waals surface area contributed by atoms with Crippen molar-refractivity contribution in [1.29, 1.82) is 0 Å². The highest BCUT2D eigenvalue weighted by molar-refractivity contribution is 5.77. The van der Waals surface area contributed by atoms with Crippen molar-refractivity contribution < 1.29 is 19.4 Å². The van der Waals surface area contributed by atoms with Gasteiger partial charge in [0.05, 0.1) is 6.10 Å². The van der Waals surface area contributed by atoms with Crippen LogP contribution in [-0.2, 0) is 20.9 Å². The number of carbonyl (C=O) groups is 2. The van der Waals surface area contributed by atoms with Gasteiger partial charge in [-0.25, -0.2) is 0 Å². The predicted molar refractivity (Wildman–Crippen MR) is 129 cm³/mol. The molecule has 0 bridgehead atoms. The Kier molecular flexibility index (Phi) is 22.6. The number of nitrogens with zero attached hydrogens (tertiary/aromatic N) is 1. The monoisotopic (exact) mass is 437 g/mol. The van der Waals surface area contributed by atoms with Gasteiger partial charge in [-0.2, -0.15) is 0 Å². The molecule has 0 saturated carbocycles. The van der Waals surface area contributed by atoms with Gasteiger partial charge in [-0.1, -0.05) is 38.8 Å². The molecule has 1 amide bonds. The first kappa shape index (κ1) is 33.4. The largest absolute Gasteiger partial charge is 0.391 e. The highest BCUT2D eigenvalue weighted by Crippen LogP contribution is 2.21. The molecule has 1 saturated heterocycles. The third-order valence-corrected chi connectivity index (χ3v) is 3.70. The zero-order valence-corrected chi connectivity index (χ0v) is 20.4. The van der Waals surface area contributed by atoms with Gasteiger partial charge in [-0.3, -0.25) is 4.79 Å². The van der Waals surface area contributed by atoms with Crippen LogP contribution in [0.25, 0.3) is 0 Å². The number of aliphatic hydroxyl groups is 1. The predicted octanol–water partition coefficient (Wildman–Crippen LogP) is 2.06. The Bertz CT molecular complexity index is 592. The van der Waals surface area contributed by atoms with Crippen LogP contribution in [0, 0.1) is 17.8 Å². The summed E-state index contributed by atoms with van der Waals surface area (Å²) < 4.78 is 4.25. The molecular formula is C24H43N3O4. The summed E-state index contributed by atoms with van der Waals surface area (Å²) in [6, 6.07) is 7.97. The molecule has 1 heterocycles. The second-order valence-corrected chi connectivity index (χ2v) is 7.80. The molecule has 0 aliphatic carbocycles. The fraction of sp³-hybridized carbons (Fsp3) is 0.583. The fourth-order valence-electron chi connectivity index (χ4n) is 2.46. The molecule has 1 aromatic rings. The molecule has 4 N–H and O–H groups in total. The van der Waals surface area contributed by atoms with E-state index in [2.05, 4.69) is 42.5 Å². The number of nitrogens with one attached hydrogen (secondary N) is 1. The number of likely N-dealkylation sites (tertiary alicyclic amines) is 1. The zero-order valence-electron chi connectivity index (χ0n) is 20.4. The summed E-state index contributed by atoms with van der Waals surface area (Å²) in [6.45, 7) is 10.3. The van der Waals surface area contributed by atoms with Crippen molar-refractivity contribution in [2.24, 2.45) is 11.1 Å². The van der Waals surface area contributed by atoms with Crippen molar-refractivity contribution in [1.82, 2.24) is 10.2 Å². The van der Waals surface area contributed by atoms with Crippen LogP contribution in [0.2, 0.25) is 0 Å². The number of benzene rings is 1. The smallest absolute Gasteiger partial charge is 0.223 e. The third-order valence-electron chi connectivity index (χ3n) is 3.70. The first-order valence-electron chi connectivity index (χ1n) is 10.1. The molecule has 7 nitrogen and oxygen atoms in total. The standard InChI is InChI=1S/C10H19NO2.C10H11N.C2H6O.CH5N.CH2O/c1-10(2,3)6-9(13)11-5-4-8(12)7-11;1-3-9-4-6-10(7-5-9)8-11-2;1-3-2;2*1-2/h8,12H,4-7H2,1-3H3;1,4-7,11H,8H2,2H3;1-2H3;2H2,1H3;1H2. The second-order valence-electron chi connectivity index (χ2n) is 7.80. The van der Waals surface area contributed by atoms with E-state index in [1.165, 1.54) is 12.6 Å². The molecule has 1 fully saturated rings. The van der Waals surface area contributed by atoms with Gasteiger partial charge in [0.25, 0.3) is 0 Å². The van der Waals surface area contributed by atoms with E-state index in [1.54, 1.807) is 19.1 Å². The highest BCUT2D eigenvalue weighted by atomic mass is 16.4. The molecule has 1 aliphatic heterocycles. The summed E-state index contributed by atoms with van der Waals surface area (Å²) >= 11 is 0. The Labute approximate surface area is 189 Å². The van der Waals surface area contributed by atoms with Crippen molar-refractivity contribution in [3.8, 4) is 12.3 Å². The van der Waals surface area contributed by atoms with Crippen molar-refractivity contribution in [2.75, 3.05) is 41.4 Å². The number of nitrogens with two attached hydrogens (primary N) is 1. The summed E-state index contributed by atoms with van der Waals surface area (Å²) in [7, 11) is 6.68. The first-order valence-corrected chi connectivity index (χ1v) is 10.1. The van der Waals surface area contributed by atoms with Crippen LogP contribution >= 0.6 is 0 Å². The number of methoxy groups -OCH3 is 1. The van der Waals surface area contributed by atoms with E-state index in [-0.39, 0.29) is 17.4 Å². The number of rotatable bonds is 3. The minimum absolute atomic E-state index is 0.0463. The molecule has 2 rings (SSSR count). The average Bonchev–Trinajstić information content (AvgIpc) is 3.18. The highest BCUT2D eigenvalue weighted by Gasteiger charge is 2.27. The van der Waals surface area contributed by atoms with Crippen molar-refractivity contribution in [3.05, 3.63) is 35.4 Å². The molecule has 0 spiro atoms. The van der Waals surface area contributed by atoms with Crippen molar-refractivity contribution in [3.63, 3.8) is 0 Å². The number of amides is 1. The number of aliphatic hydroxyl groups excluding tert-OH is 1. The Morgan fingerprint density at radius 2 is 1.77 bits per heavy atom. The minimum Gasteiger partial charge on any atom is -0.391 e. The first-order chi connectivity index (χ1) is 14.7. The Balaban J connectivity index is -0.000000396. The van der Waals surface area contributed by atoms with Gasteiger partial charge in [0.2, 0.25) is 5.91 Å². The van der Waals surface area contributed by atoms with Gasteiger partial charge in [0.15, 0.2) is 0 Å². The lowest BCUT2D eigenvalue weighted by atomic mass is 9.92. The molecule has 0 radical (unpaired) electrons. The lowest BCUT2D eigenvalue weighted by Crippen LogP contribution is -2.32. The van der Waals surface area contributed by atoms with E-state index in [4.69, 9.17) is 11.2 Å². The topological polar surface area (TPSA) is 105 Å². The second kappa shape index (κ2) is 21.0. The van der Waals surface area contributed by atoms with E-state index >= 15 is 0 Å². The van der Waals surface area contributed by atoms with Crippen LogP contribution in [0.4, 0.5) is 0 Å². The summed E-state index contributed by atoms with van der Waals surface area (Å²) in [4.78, 5) is 21.4.